The van der Waals surface area contributed by atoms with Gasteiger partial charge in [0.25, 0.3) is 0 Å². The van der Waals surface area contributed by atoms with Gasteiger partial charge in [-0.1, -0.05) is 128 Å². The van der Waals surface area contributed by atoms with Crippen LogP contribution in [0.15, 0.2) is 216 Å². The fourth-order valence-corrected chi connectivity index (χ4v) is 14.7. The number of ketones is 18. The number of allylic oxidation sites excluding steroid dienone is 28. The minimum absolute atomic E-state index is 0. The summed E-state index contributed by atoms with van der Waals surface area (Å²) in [4.78, 5) is 210. The highest BCUT2D eigenvalue weighted by Crippen LogP contribution is 2.35. The highest BCUT2D eigenvalue weighted by molar-refractivity contribution is 6.30. The molecule has 1 aromatic carbocycles. The zero-order valence-corrected chi connectivity index (χ0v) is 81.5. The molecule has 0 aromatic heterocycles. The Morgan fingerprint density at radius 3 is 0.853 bits per heavy atom. The van der Waals surface area contributed by atoms with Crippen LogP contribution in [0, 0.1) is 0 Å². The maximum Gasteiger partial charge on any atom is 0.224 e. The van der Waals surface area contributed by atoms with Crippen LogP contribution in [0.1, 0.15) is 299 Å². The van der Waals surface area contributed by atoms with E-state index in [1.807, 2.05) is 83.1 Å². The summed E-state index contributed by atoms with van der Waals surface area (Å²) in [5.74, 6) is -0.123. The number of benzene rings is 1. The van der Waals surface area contributed by atoms with Crippen LogP contribution in [0.4, 0.5) is 0 Å². The number of Topliss-reactive ketones (excluding diaryl/α,β-unsaturated/α-hetero) is 15. The van der Waals surface area contributed by atoms with Crippen LogP contribution in [0.3, 0.4) is 0 Å². The minimum Gasteiger partial charge on any atom is -0.492 e. The number of rotatable bonds is 19. The Labute approximate surface area is 762 Å². The lowest BCUT2D eigenvalue weighted by Gasteiger charge is -2.20. The third-order valence-electron chi connectivity index (χ3n) is 22.9. The van der Waals surface area contributed by atoms with Crippen molar-refractivity contribution in [1.29, 1.82) is 0 Å². The molecule has 0 radical (unpaired) electrons. The standard InChI is InChI=1S/C14H20O3.C13H12O2.C12H16O3.2C11H14O3.C11H14O2.2C10H12O3.C10H12O2.C2H6.CH4/c1-5-7-8-11-13(16)10(6-2)9(3)12(15)14(11)17-4;1-3-9-8(2)12(14)10-6-4-5-7-11(10)13(9)15;1-5-8-7(3)10(13)12(15-4)9(6-2)11(8)14;1-5-8-6(2)10(13)11(14-4)7(3)9(8)12;1-5-8-6(2)9(12)7(3)11(14-4)10(8)13;1-5-9-8(4)10(12)6(2)7(3)11(9)13;1-4-7-5-8(11)10(13-3)6(2)9(7)12;1-4-7-5-8(11)6(2)10(13-3)9(7)12;1-4-8-5-9(11)6(2)7(3)10(8)12;1-2;/h5-8H2,1-4H3;4-7H,3H2,1-2H3;5-6H2,1-4H3;2*5H2,1-4H3;5H2,1-4H3;2*5H,4H2,1-3H3;5H,4H2,1-3H3;1-2H3;1H4. The Balaban J connectivity index is 0.00000143. The molecule has 0 heterocycles. The molecule has 0 saturated carbocycles. The van der Waals surface area contributed by atoms with Crippen molar-refractivity contribution in [1.82, 2.24) is 0 Å². The first-order chi connectivity index (χ1) is 60.2. The molecule has 129 heavy (non-hydrogen) atoms. The fourth-order valence-electron chi connectivity index (χ4n) is 14.7. The largest absolute Gasteiger partial charge is 0.492 e. The molecular weight excluding hydrogens is 1650 g/mol. The lowest BCUT2D eigenvalue weighted by molar-refractivity contribution is -0.119. The first-order valence-corrected chi connectivity index (χ1v) is 43.3. The van der Waals surface area contributed by atoms with E-state index in [0.29, 0.717) is 221 Å². The zero-order valence-electron chi connectivity index (χ0n) is 81.5. The van der Waals surface area contributed by atoms with E-state index >= 15 is 0 Å². The van der Waals surface area contributed by atoms with Gasteiger partial charge in [0, 0.05) is 150 Å². The molecule has 0 unspecified atom stereocenters. The lowest BCUT2D eigenvalue weighted by atomic mass is 9.84. The van der Waals surface area contributed by atoms with Crippen molar-refractivity contribution in [3.63, 3.8) is 0 Å². The molecule has 0 bridgehead atoms. The molecule has 0 atom stereocenters. The summed E-state index contributed by atoms with van der Waals surface area (Å²) in [5, 5.41) is 0. The summed E-state index contributed by atoms with van der Waals surface area (Å²) in [5.41, 5.74) is 15.0. The molecular formula is C105H136O24. The molecule has 10 rings (SSSR count). The SMILES string of the molecule is C.CC.CCC1=C(C)C(=O)C(C)=C(C)C1=O.CCC1=C(C)C(=O)C(C)=C(OC)C1=O.CCC1=C(C)C(=O)C(OC)=C(C)C1=O.CCC1=C(C)C(=O)C(OC)=C(CC)C1=O.CCC1=C(C)C(=O)c2ccccc2C1=O.CCC1=CC(=O)C(C)=C(C)C1=O.CCC1=CC(=O)C(C)=C(OC)C1=O.CCC1=CC(=O)C(OC)=C(C)C1=O.CCCCC1=C(OC)C(=O)C(C)=C(CC)C1=O. The highest BCUT2D eigenvalue weighted by atomic mass is 16.5. The van der Waals surface area contributed by atoms with Gasteiger partial charge < -0.3 is 28.4 Å². The van der Waals surface area contributed by atoms with Crippen LogP contribution in [-0.2, 0) is 105 Å². The van der Waals surface area contributed by atoms with Gasteiger partial charge in [-0.3, -0.25) is 86.3 Å². The summed E-state index contributed by atoms with van der Waals surface area (Å²) in [6.07, 6.45) is 12.6. The summed E-state index contributed by atoms with van der Waals surface area (Å²) in [7, 11) is 8.51. The number of hydrogen-bond donors (Lipinski definition) is 0. The van der Waals surface area contributed by atoms with Gasteiger partial charge in [-0.05, 0) is 192 Å². The summed E-state index contributed by atoms with van der Waals surface area (Å²) >= 11 is 0. The second-order valence-electron chi connectivity index (χ2n) is 30.0. The van der Waals surface area contributed by atoms with E-state index in [2.05, 4.69) is 6.92 Å². The van der Waals surface area contributed by atoms with Crippen molar-refractivity contribution in [2.75, 3.05) is 42.7 Å². The van der Waals surface area contributed by atoms with Gasteiger partial charge >= 0.3 is 0 Å². The number of carbonyl (C=O) groups excluding carboxylic acids is 18. The van der Waals surface area contributed by atoms with E-state index < -0.39 is 0 Å². The van der Waals surface area contributed by atoms with Crippen molar-refractivity contribution in [2.45, 2.75) is 278 Å². The van der Waals surface area contributed by atoms with E-state index in [1.54, 1.807) is 121 Å². The summed E-state index contributed by atoms with van der Waals surface area (Å²) in [6.45, 7) is 48.3. The molecule has 0 fully saturated rings. The number of fused-ring (bicyclic) bond motifs is 1. The fraction of sp³-hybridized carbons (Fsp3) is 0.448. The first kappa shape index (κ1) is 117. The van der Waals surface area contributed by atoms with E-state index in [0.717, 1.165) is 12.8 Å². The van der Waals surface area contributed by atoms with Gasteiger partial charge in [-0.2, -0.15) is 0 Å². The monoisotopic (exact) mass is 1780 g/mol. The van der Waals surface area contributed by atoms with Crippen molar-refractivity contribution < 1.29 is 115 Å². The third-order valence-corrected chi connectivity index (χ3v) is 22.9. The maximum atomic E-state index is 12.2. The predicted molar refractivity (Wildman–Crippen MR) is 500 cm³/mol. The molecule has 0 N–H and O–H groups in total. The van der Waals surface area contributed by atoms with Gasteiger partial charge in [0.15, 0.2) is 104 Å². The van der Waals surface area contributed by atoms with Gasteiger partial charge in [-0.15, -0.1) is 0 Å². The van der Waals surface area contributed by atoms with Gasteiger partial charge in [0.05, 0.1) is 42.7 Å². The summed E-state index contributed by atoms with van der Waals surface area (Å²) in [6, 6.07) is 7.01. The van der Waals surface area contributed by atoms with Gasteiger partial charge in [0.2, 0.25) is 34.7 Å². The second-order valence-corrected chi connectivity index (χ2v) is 30.0. The molecule has 24 heteroatoms. The van der Waals surface area contributed by atoms with E-state index in [1.165, 1.54) is 60.9 Å². The maximum absolute atomic E-state index is 12.2. The normalized spacial score (nSPS) is 17.2. The topological polar surface area (TPSA) is 363 Å². The summed E-state index contributed by atoms with van der Waals surface area (Å²) < 4.78 is 29.7. The van der Waals surface area contributed by atoms with E-state index in [-0.39, 0.29) is 146 Å². The number of hydrogen-bond acceptors (Lipinski definition) is 24. The van der Waals surface area contributed by atoms with Crippen LogP contribution in [0.25, 0.3) is 0 Å². The Bertz CT molecular complexity index is 5260. The quantitative estimate of drug-likeness (QED) is 0.116. The average molecular weight is 1780 g/mol. The van der Waals surface area contributed by atoms with Crippen molar-refractivity contribution in [3.8, 4) is 0 Å². The van der Waals surface area contributed by atoms with E-state index in [4.69, 9.17) is 28.4 Å². The van der Waals surface area contributed by atoms with Crippen LogP contribution >= 0.6 is 0 Å². The van der Waals surface area contributed by atoms with E-state index in [9.17, 15) is 86.3 Å². The molecule has 0 aliphatic heterocycles. The van der Waals surface area contributed by atoms with Crippen LogP contribution in [-0.4, -0.2) is 147 Å². The van der Waals surface area contributed by atoms with Crippen LogP contribution < -0.4 is 0 Å². The average Bonchev–Trinajstić information content (AvgIpc) is 0.840. The number of carbonyl (C=O) groups is 18. The molecule has 1 aromatic rings. The van der Waals surface area contributed by atoms with Crippen molar-refractivity contribution >= 4 is 104 Å². The molecule has 700 valence electrons. The van der Waals surface area contributed by atoms with Gasteiger partial charge in [-0.25, -0.2) is 0 Å². The van der Waals surface area contributed by atoms with Crippen molar-refractivity contribution in [3.05, 3.63) is 228 Å². The first-order valence-electron chi connectivity index (χ1n) is 43.3. The lowest BCUT2D eigenvalue weighted by Crippen LogP contribution is -2.23. The number of unbranched alkanes of at least 4 members (excludes halogenated alkanes) is 1. The van der Waals surface area contributed by atoms with Crippen LogP contribution in [0.2, 0.25) is 0 Å². The molecule has 0 saturated heterocycles. The Hall–Kier alpha value is -12.3. The molecule has 0 amide bonds. The predicted octanol–water partition coefficient (Wildman–Crippen LogP) is 20.0. The Morgan fingerprint density at radius 1 is 0.209 bits per heavy atom. The van der Waals surface area contributed by atoms with Gasteiger partial charge in [0.1, 0.15) is 0 Å². The van der Waals surface area contributed by atoms with Crippen LogP contribution in [0.5, 0.6) is 0 Å². The smallest absolute Gasteiger partial charge is 0.224 e. The highest BCUT2D eigenvalue weighted by Gasteiger charge is 2.37. The zero-order chi connectivity index (χ0) is 98.8. The minimum atomic E-state index is -0.212. The van der Waals surface area contributed by atoms with Crippen molar-refractivity contribution in [2.24, 2.45) is 0 Å². The molecule has 0 spiro atoms. The number of methoxy groups -OCH3 is 6. The third kappa shape index (κ3) is 27.1. The molecule has 9 aliphatic rings. The molecule has 24 nitrogen and oxygen atoms in total. The Kier molecular flexibility index (Phi) is 49.5. The number of ether oxygens (including phenoxy) is 6. The Morgan fingerprint density at radius 2 is 0.465 bits per heavy atom. The second kappa shape index (κ2) is 54.7. The molecule has 9 aliphatic carbocycles.